The average Bonchev–Trinajstić information content (AvgIpc) is 0.811. The molecule has 0 saturated carbocycles. The van der Waals surface area contributed by atoms with E-state index in [9.17, 15) is 0 Å². The molecule has 1 nitrogen and oxygen atoms in total. The third-order valence-corrected chi connectivity index (χ3v) is 0. The molecular formula is H2I3NbO. The Morgan fingerprint density at radius 1 is 1.00 bits per heavy atom. The van der Waals surface area contributed by atoms with Crippen molar-refractivity contribution in [1.82, 2.24) is 0 Å². The number of hydrogen-bond donors (Lipinski definition) is 0. The fourth-order valence-electron chi connectivity index (χ4n) is 0. The Morgan fingerprint density at radius 2 is 1.00 bits per heavy atom. The summed E-state index contributed by atoms with van der Waals surface area (Å²) < 4.78 is 0. The molecule has 0 atom stereocenters. The molecule has 0 rings (SSSR count). The van der Waals surface area contributed by atoms with Gasteiger partial charge in [0.1, 0.15) is 0 Å². The van der Waals surface area contributed by atoms with Gasteiger partial charge in [-0.3, -0.25) is 0 Å². The molecule has 34 valence electrons. The van der Waals surface area contributed by atoms with E-state index in [2.05, 4.69) is 57.1 Å². The van der Waals surface area contributed by atoms with Crippen LogP contribution in [0.4, 0.5) is 0 Å². The van der Waals surface area contributed by atoms with E-state index in [-0.39, 0.29) is 5.48 Å². The van der Waals surface area contributed by atoms with E-state index in [0.29, 0.717) is 0 Å². The van der Waals surface area contributed by atoms with E-state index in [1.165, 1.54) is 0 Å². The monoisotopic (exact) mass is 492 g/mol. The van der Waals surface area contributed by atoms with Crippen LogP contribution in [0.15, 0.2) is 0 Å². The SMILES string of the molecule is O.[I][Nb]([I])[I]. The summed E-state index contributed by atoms with van der Waals surface area (Å²) in [5.74, 6) is 0. The average molecular weight is 492 g/mol. The van der Waals surface area contributed by atoms with E-state index in [0.717, 1.165) is 0 Å². The van der Waals surface area contributed by atoms with Crippen LogP contribution in [0.5, 0.6) is 0 Å². The van der Waals surface area contributed by atoms with Crippen molar-refractivity contribution in [2.75, 3.05) is 0 Å². The molecule has 0 heterocycles. The van der Waals surface area contributed by atoms with Gasteiger partial charge in [-0.25, -0.2) is 0 Å². The van der Waals surface area contributed by atoms with Crippen molar-refractivity contribution in [3.05, 3.63) is 0 Å². The van der Waals surface area contributed by atoms with Crippen LogP contribution < -0.4 is 0 Å². The Balaban J connectivity index is 0. The topological polar surface area (TPSA) is 31.5 Å². The molecule has 0 aliphatic rings. The van der Waals surface area contributed by atoms with E-state index >= 15 is 0 Å². The molecule has 5 heteroatoms. The Kier molecular flexibility index (Phi) is 14.9. The van der Waals surface area contributed by atoms with Gasteiger partial charge in [0.25, 0.3) is 0 Å². The predicted octanol–water partition coefficient (Wildman–Crippen LogP) is 1.83. The summed E-state index contributed by atoms with van der Waals surface area (Å²) in [7, 11) is 0. The van der Waals surface area contributed by atoms with Crippen LogP contribution in [-0.2, 0) is 6.99 Å². The summed E-state index contributed by atoms with van der Waals surface area (Å²) in [5, 5.41) is 0. The van der Waals surface area contributed by atoms with E-state index in [1.54, 1.807) is 0 Å². The fraction of sp³-hybridized carbons (Fsp3) is 0. The quantitative estimate of drug-likeness (QED) is 0.366. The van der Waals surface area contributed by atoms with Crippen molar-refractivity contribution in [1.29, 1.82) is 0 Å². The maximum atomic E-state index is 2.50. The maximum absolute atomic E-state index is 2.50. The van der Waals surface area contributed by atoms with Gasteiger partial charge in [0.15, 0.2) is 0 Å². The van der Waals surface area contributed by atoms with E-state index < -0.39 is 6.99 Å². The van der Waals surface area contributed by atoms with Gasteiger partial charge in [0, 0.05) is 0 Å². The molecule has 0 aromatic carbocycles. The van der Waals surface area contributed by atoms with Gasteiger partial charge >= 0.3 is 64.1 Å². The van der Waals surface area contributed by atoms with Gasteiger partial charge in [-0.1, -0.05) is 0 Å². The van der Waals surface area contributed by atoms with Gasteiger partial charge in [-0.05, 0) is 0 Å². The van der Waals surface area contributed by atoms with Crippen molar-refractivity contribution < 1.29 is 12.5 Å². The molecule has 0 bridgehead atoms. The Labute approximate surface area is 67.7 Å². The number of hydrogen-bond acceptors (Lipinski definition) is 0. The summed E-state index contributed by atoms with van der Waals surface area (Å²) >= 11 is 7.50. The zero-order valence-electron chi connectivity index (χ0n) is 2.08. The first-order chi connectivity index (χ1) is 1.73. The van der Waals surface area contributed by atoms with Crippen molar-refractivity contribution in [2.45, 2.75) is 0 Å². The minimum atomic E-state index is -0.540. The van der Waals surface area contributed by atoms with Gasteiger partial charge in [0.2, 0.25) is 0 Å². The summed E-state index contributed by atoms with van der Waals surface area (Å²) in [4.78, 5) is 0. The molecular weight excluding hydrogens is 490 g/mol. The van der Waals surface area contributed by atoms with Crippen LogP contribution in [-0.4, -0.2) is 5.48 Å². The Morgan fingerprint density at radius 3 is 1.00 bits per heavy atom. The van der Waals surface area contributed by atoms with Crippen LogP contribution in [0.3, 0.4) is 0 Å². The van der Waals surface area contributed by atoms with Gasteiger partial charge < -0.3 is 5.48 Å². The van der Waals surface area contributed by atoms with Crippen molar-refractivity contribution in [2.24, 2.45) is 0 Å². The fourth-order valence-corrected chi connectivity index (χ4v) is 0. The molecule has 0 spiro atoms. The Bertz CT molecular complexity index is 11.6. The first kappa shape index (κ1) is 10.8. The third kappa shape index (κ3) is 19.7. The van der Waals surface area contributed by atoms with Crippen LogP contribution in [0, 0.1) is 0 Å². The normalized spacial score (nSPS) is 7.20. The molecule has 2 N–H and O–H groups in total. The number of rotatable bonds is 0. The summed E-state index contributed by atoms with van der Waals surface area (Å²) in [5.41, 5.74) is 0. The van der Waals surface area contributed by atoms with Crippen LogP contribution in [0.1, 0.15) is 0 Å². The van der Waals surface area contributed by atoms with Gasteiger partial charge in [-0.15, -0.1) is 0 Å². The minimum absolute atomic E-state index is 0. The second-order valence-electron chi connectivity index (χ2n) is 0.192. The van der Waals surface area contributed by atoms with Crippen molar-refractivity contribution in [3.8, 4) is 0 Å². The summed E-state index contributed by atoms with van der Waals surface area (Å²) in [6.07, 6.45) is 0. The molecule has 0 saturated heterocycles. The zero-order valence-corrected chi connectivity index (χ0v) is 10.8. The molecule has 0 aromatic heterocycles. The molecule has 0 aromatic rings. The first-order valence-electron chi connectivity index (χ1n) is 0.507. The van der Waals surface area contributed by atoms with Gasteiger partial charge in [-0.2, -0.15) is 0 Å². The Hall–Kier alpha value is 2.89. The summed E-state index contributed by atoms with van der Waals surface area (Å²) in [6.45, 7) is -0.540. The first-order valence-corrected chi connectivity index (χ1v) is 20.1. The summed E-state index contributed by atoms with van der Waals surface area (Å²) in [6, 6.07) is 0. The standard InChI is InChI=1S/3HI.Nb.H2O/h3*1H;;1H2/q;;;+3;/p-3. The van der Waals surface area contributed by atoms with Crippen molar-refractivity contribution in [3.63, 3.8) is 0 Å². The molecule has 0 aliphatic carbocycles. The molecule has 0 aliphatic heterocycles. The van der Waals surface area contributed by atoms with Gasteiger partial charge in [0.05, 0.1) is 0 Å². The molecule has 0 fully saturated rings. The molecule has 0 amide bonds. The second-order valence-corrected chi connectivity index (χ2v) is 51.0. The molecule has 0 radical (unpaired) electrons. The van der Waals surface area contributed by atoms with Crippen LogP contribution >= 0.6 is 57.1 Å². The predicted molar refractivity (Wildman–Crippen MR) is 45.7 cm³/mol. The van der Waals surface area contributed by atoms with Crippen molar-refractivity contribution >= 4 is 57.1 Å². The third-order valence-electron chi connectivity index (χ3n) is 0. The van der Waals surface area contributed by atoms with Crippen LogP contribution in [0.25, 0.3) is 0 Å². The van der Waals surface area contributed by atoms with E-state index in [1.807, 2.05) is 0 Å². The van der Waals surface area contributed by atoms with Crippen LogP contribution in [0.2, 0.25) is 0 Å². The zero-order chi connectivity index (χ0) is 3.58. The van der Waals surface area contributed by atoms with E-state index in [4.69, 9.17) is 0 Å². The molecule has 0 unspecified atom stereocenters. The second kappa shape index (κ2) is 6.89. The molecule has 5 heavy (non-hydrogen) atoms. The number of halogens is 3.